The molecule has 0 aromatic heterocycles. The quantitative estimate of drug-likeness (QED) is 0.591. The normalized spacial score (nSPS) is 9.69. The van der Waals surface area contributed by atoms with Crippen molar-refractivity contribution in [1.29, 1.82) is 0 Å². The van der Waals surface area contributed by atoms with Crippen LogP contribution in [0.4, 0.5) is 0 Å². The van der Waals surface area contributed by atoms with E-state index in [0.717, 1.165) is 0 Å². The molecule has 0 radical (unpaired) electrons. The highest BCUT2D eigenvalue weighted by atomic mass is 14.9. The van der Waals surface area contributed by atoms with Crippen LogP contribution in [0.25, 0.3) is 0 Å². The average molecular weight is 189 g/mol. The van der Waals surface area contributed by atoms with Gasteiger partial charge in [-0.15, -0.1) is 0 Å². The highest BCUT2D eigenvalue weighted by molar-refractivity contribution is 4.52. The maximum Gasteiger partial charge on any atom is 0.00103 e. The van der Waals surface area contributed by atoms with Crippen LogP contribution in [0.2, 0.25) is 0 Å². The molecule has 0 saturated heterocycles. The van der Waals surface area contributed by atoms with Crippen LogP contribution in [0.15, 0.2) is 0 Å². The fourth-order valence-corrected chi connectivity index (χ4v) is 1.12. The van der Waals surface area contributed by atoms with E-state index in [9.17, 15) is 0 Å². The van der Waals surface area contributed by atoms with Crippen molar-refractivity contribution >= 4 is 0 Å². The van der Waals surface area contributed by atoms with Gasteiger partial charge in [-0.1, -0.05) is 60.3 Å². The minimum atomic E-state index is 0. The van der Waals surface area contributed by atoms with Crippen LogP contribution in [0.5, 0.6) is 0 Å². The lowest BCUT2D eigenvalue weighted by molar-refractivity contribution is 0.540. The Balaban J connectivity index is -0.000000376. The van der Waals surface area contributed by atoms with Gasteiger partial charge in [-0.2, -0.15) is 0 Å². The molecule has 1 nitrogen and oxygen atoms in total. The second-order valence-corrected chi connectivity index (χ2v) is 3.52. The predicted molar refractivity (Wildman–Crippen MR) is 65.4 cm³/mol. The van der Waals surface area contributed by atoms with Crippen LogP contribution in [0.3, 0.4) is 0 Å². The summed E-state index contributed by atoms with van der Waals surface area (Å²) in [6, 6.07) is 0.654. The van der Waals surface area contributed by atoms with Gasteiger partial charge in [0.1, 0.15) is 0 Å². The van der Waals surface area contributed by atoms with Crippen LogP contribution in [-0.4, -0.2) is 12.6 Å². The first-order valence-corrected chi connectivity index (χ1v) is 6.00. The molecular weight excluding hydrogens is 158 g/mol. The molecule has 0 rings (SSSR count). The number of hydrogen-bond donors (Lipinski definition) is 1. The molecule has 0 heterocycles. The van der Waals surface area contributed by atoms with Crippen LogP contribution in [-0.2, 0) is 0 Å². The van der Waals surface area contributed by atoms with E-state index in [1.165, 1.54) is 38.6 Å². The van der Waals surface area contributed by atoms with Gasteiger partial charge in [0.25, 0.3) is 0 Å². The molecule has 84 valence electrons. The summed E-state index contributed by atoms with van der Waals surface area (Å²) in [5.74, 6) is 0. The number of unbranched alkanes of at least 4 members (excludes halogenated alkanes) is 4. The van der Waals surface area contributed by atoms with Crippen molar-refractivity contribution < 1.29 is 1.43 Å². The second-order valence-electron chi connectivity index (χ2n) is 3.52. The van der Waals surface area contributed by atoms with Gasteiger partial charge in [0.05, 0.1) is 0 Å². The van der Waals surface area contributed by atoms with E-state index in [1.54, 1.807) is 0 Å². The van der Waals surface area contributed by atoms with E-state index in [-0.39, 0.29) is 1.43 Å². The molecule has 0 atom stereocenters. The monoisotopic (exact) mass is 189 g/mol. The third kappa shape index (κ3) is 18.7. The zero-order valence-corrected chi connectivity index (χ0v) is 10.3. The van der Waals surface area contributed by atoms with Gasteiger partial charge < -0.3 is 5.32 Å². The fraction of sp³-hybridized carbons (Fsp3) is 1.00. The fourth-order valence-electron chi connectivity index (χ4n) is 1.12. The molecule has 1 N–H and O–H groups in total. The summed E-state index contributed by atoms with van der Waals surface area (Å²) in [6.45, 7) is 11.9. The van der Waals surface area contributed by atoms with Crippen LogP contribution in [0, 0.1) is 0 Å². The lowest BCUT2D eigenvalue weighted by Gasteiger charge is -2.06. The van der Waals surface area contributed by atoms with Crippen LogP contribution < -0.4 is 5.32 Å². The first kappa shape index (κ1) is 15.4. The van der Waals surface area contributed by atoms with E-state index < -0.39 is 0 Å². The highest BCUT2D eigenvalue weighted by Crippen LogP contribution is 2.01. The van der Waals surface area contributed by atoms with Gasteiger partial charge in [0, 0.05) is 7.47 Å². The van der Waals surface area contributed by atoms with E-state index in [0.29, 0.717) is 6.04 Å². The van der Waals surface area contributed by atoms with Crippen molar-refractivity contribution in [3.8, 4) is 0 Å². The Morgan fingerprint density at radius 1 is 1.00 bits per heavy atom. The van der Waals surface area contributed by atoms with Gasteiger partial charge in [0.15, 0.2) is 0 Å². The highest BCUT2D eigenvalue weighted by Gasteiger charge is 1.91. The molecule has 0 aromatic carbocycles. The molecular formula is C12H31N. The summed E-state index contributed by atoms with van der Waals surface area (Å²) in [5.41, 5.74) is 0. The summed E-state index contributed by atoms with van der Waals surface area (Å²) in [6.07, 6.45) is 6.90. The second kappa shape index (κ2) is 14.5. The van der Waals surface area contributed by atoms with Crippen LogP contribution >= 0.6 is 0 Å². The lowest BCUT2D eigenvalue weighted by atomic mass is 10.1. The molecule has 0 aliphatic rings. The van der Waals surface area contributed by atoms with E-state index >= 15 is 0 Å². The molecule has 0 fully saturated rings. The Kier molecular flexibility index (Phi) is 17.2. The smallest absolute Gasteiger partial charge is 0.00103 e. The van der Waals surface area contributed by atoms with Crippen molar-refractivity contribution in [1.82, 2.24) is 5.32 Å². The maximum atomic E-state index is 3.42. The Hall–Kier alpha value is -0.0400. The van der Waals surface area contributed by atoms with Gasteiger partial charge >= 0.3 is 0 Å². The first-order chi connectivity index (χ1) is 6.27. The molecule has 0 unspecified atom stereocenters. The van der Waals surface area contributed by atoms with Gasteiger partial charge in [-0.25, -0.2) is 0 Å². The minimum absolute atomic E-state index is 0. The largest absolute Gasteiger partial charge is 0.315 e. The average Bonchev–Trinajstić information content (AvgIpc) is 2.14. The van der Waals surface area contributed by atoms with E-state index in [1.807, 2.05) is 13.8 Å². The summed E-state index contributed by atoms with van der Waals surface area (Å²) in [7, 11) is 0. The summed E-state index contributed by atoms with van der Waals surface area (Å²) in [5, 5.41) is 3.42. The SMILES string of the molecule is CC.CCCCCCCNC(C)C.[HH]. The molecule has 0 saturated carbocycles. The molecule has 0 aromatic rings. The first-order valence-electron chi connectivity index (χ1n) is 6.00. The zero-order chi connectivity index (χ0) is 10.5. The van der Waals surface area contributed by atoms with Gasteiger partial charge in [-0.3, -0.25) is 0 Å². The Morgan fingerprint density at radius 2 is 1.54 bits per heavy atom. The predicted octanol–water partition coefficient (Wildman–Crippen LogP) is 4.23. The summed E-state index contributed by atoms with van der Waals surface area (Å²) >= 11 is 0. The standard InChI is InChI=1S/C10H23N.C2H6.H2/c1-4-5-6-7-8-9-11-10(2)3;1-2;/h10-11H,4-9H2,1-3H3;1-2H3;1H. The lowest BCUT2D eigenvalue weighted by Crippen LogP contribution is -2.23. The number of hydrogen-bond acceptors (Lipinski definition) is 1. The molecule has 13 heavy (non-hydrogen) atoms. The molecule has 0 amide bonds. The maximum absolute atomic E-state index is 3.42. The molecule has 1 heteroatoms. The van der Waals surface area contributed by atoms with Crippen molar-refractivity contribution in [2.45, 2.75) is 72.8 Å². The topological polar surface area (TPSA) is 12.0 Å². The van der Waals surface area contributed by atoms with Crippen LogP contribution in [0.1, 0.15) is 68.1 Å². The number of nitrogens with one attached hydrogen (secondary N) is 1. The third-order valence-corrected chi connectivity index (χ3v) is 1.83. The Bertz CT molecular complexity index is 74.7. The van der Waals surface area contributed by atoms with Crippen molar-refractivity contribution in [2.24, 2.45) is 0 Å². The molecule has 0 spiro atoms. The van der Waals surface area contributed by atoms with E-state index in [4.69, 9.17) is 0 Å². The van der Waals surface area contributed by atoms with Crippen molar-refractivity contribution in [3.05, 3.63) is 0 Å². The summed E-state index contributed by atoms with van der Waals surface area (Å²) in [4.78, 5) is 0. The third-order valence-electron chi connectivity index (χ3n) is 1.83. The van der Waals surface area contributed by atoms with Gasteiger partial charge in [0.2, 0.25) is 0 Å². The zero-order valence-electron chi connectivity index (χ0n) is 10.3. The summed E-state index contributed by atoms with van der Waals surface area (Å²) < 4.78 is 0. The van der Waals surface area contributed by atoms with Crippen molar-refractivity contribution in [2.75, 3.05) is 6.54 Å². The van der Waals surface area contributed by atoms with E-state index in [2.05, 4.69) is 26.1 Å². The minimum Gasteiger partial charge on any atom is -0.315 e. The Labute approximate surface area is 86.8 Å². The Morgan fingerprint density at radius 3 is 2.00 bits per heavy atom. The molecule has 0 aliphatic heterocycles. The molecule has 0 bridgehead atoms. The molecule has 0 aliphatic carbocycles. The van der Waals surface area contributed by atoms with Crippen molar-refractivity contribution in [3.63, 3.8) is 0 Å². The number of rotatable bonds is 7. The van der Waals surface area contributed by atoms with Gasteiger partial charge in [-0.05, 0) is 13.0 Å².